The van der Waals surface area contributed by atoms with Crippen molar-refractivity contribution in [1.82, 2.24) is 20.6 Å². The minimum Gasteiger partial charge on any atom is -0.442 e. The Morgan fingerprint density at radius 3 is 3.20 bits per heavy atom. The summed E-state index contributed by atoms with van der Waals surface area (Å²) in [6.45, 7) is 3.19. The average Bonchev–Trinajstić information content (AvgIpc) is 3.03. The highest BCUT2D eigenvalue weighted by atomic mass is 16.3. The van der Waals surface area contributed by atoms with Gasteiger partial charge in [-0.3, -0.25) is 9.59 Å². The summed E-state index contributed by atoms with van der Waals surface area (Å²) in [4.78, 5) is 30.5. The van der Waals surface area contributed by atoms with E-state index in [1.807, 2.05) is 0 Å². The van der Waals surface area contributed by atoms with E-state index >= 15 is 0 Å². The van der Waals surface area contributed by atoms with Gasteiger partial charge in [0, 0.05) is 12.6 Å². The van der Waals surface area contributed by atoms with Gasteiger partial charge in [-0.25, -0.2) is 4.98 Å². The molecule has 7 heteroatoms. The topological polar surface area (TPSA) is 100 Å². The predicted octanol–water partition coefficient (Wildman–Crippen LogP) is 0.306. The van der Waals surface area contributed by atoms with Gasteiger partial charge >= 0.3 is 0 Å². The van der Waals surface area contributed by atoms with Crippen LogP contribution in [0.5, 0.6) is 0 Å². The van der Waals surface area contributed by atoms with Crippen LogP contribution in [0.25, 0.3) is 11.1 Å². The molecule has 1 unspecified atom stereocenters. The second kappa shape index (κ2) is 5.09. The quantitative estimate of drug-likeness (QED) is 0.749. The SMILES string of the molecule is Cc1oc2nc[nH]c(=O)c2c1C(=O)NCC1CCCN1. The second-order valence-corrected chi connectivity index (χ2v) is 4.95. The van der Waals surface area contributed by atoms with Crippen LogP contribution < -0.4 is 16.2 Å². The number of rotatable bonds is 3. The highest BCUT2D eigenvalue weighted by Gasteiger charge is 2.22. The van der Waals surface area contributed by atoms with Gasteiger partial charge in [0.2, 0.25) is 5.71 Å². The Kier molecular flexibility index (Phi) is 3.27. The van der Waals surface area contributed by atoms with Crippen molar-refractivity contribution in [2.45, 2.75) is 25.8 Å². The third-order valence-electron chi connectivity index (χ3n) is 3.57. The summed E-state index contributed by atoms with van der Waals surface area (Å²) < 4.78 is 5.37. The van der Waals surface area contributed by atoms with E-state index in [2.05, 4.69) is 20.6 Å². The van der Waals surface area contributed by atoms with Crippen molar-refractivity contribution in [3.05, 3.63) is 28.0 Å². The highest BCUT2D eigenvalue weighted by Crippen LogP contribution is 2.20. The third kappa shape index (κ3) is 2.20. The van der Waals surface area contributed by atoms with E-state index < -0.39 is 0 Å². The van der Waals surface area contributed by atoms with Crippen molar-refractivity contribution < 1.29 is 9.21 Å². The fraction of sp³-hybridized carbons (Fsp3) is 0.462. The zero-order valence-electron chi connectivity index (χ0n) is 11.2. The molecule has 0 saturated carbocycles. The van der Waals surface area contributed by atoms with Gasteiger partial charge in [-0.2, -0.15) is 0 Å². The van der Waals surface area contributed by atoms with Gasteiger partial charge < -0.3 is 20.0 Å². The molecule has 7 nitrogen and oxygen atoms in total. The van der Waals surface area contributed by atoms with Crippen LogP contribution in [0.2, 0.25) is 0 Å². The summed E-state index contributed by atoms with van der Waals surface area (Å²) in [7, 11) is 0. The lowest BCUT2D eigenvalue weighted by Crippen LogP contribution is -2.37. The molecule has 0 radical (unpaired) electrons. The van der Waals surface area contributed by atoms with E-state index in [1.165, 1.54) is 6.33 Å². The fourth-order valence-corrected chi connectivity index (χ4v) is 2.56. The van der Waals surface area contributed by atoms with E-state index in [4.69, 9.17) is 4.42 Å². The molecule has 1 fully saturated rings. The first-order chi connectivity index (χ1) is 9.66. The summed E-state index contributed by atoms with van der Waals surface area (Å²) >= 11 is 0. The number of nitrogens with zero attached hydrogens (tertiary/aromatic N) is 1. The molecule has 0 aromatic carbocycles. The maximum Gasteiger partial charge on any atom is 0.262 e. The predicted molar refractivity (Wildman–Crippen MR) is 72.7 cm³/mol. The largest absolute Gasteiger partial charge is 0.442 e. The standard InChI is InChI=1S/C13H16N4O3/c1-7-9(10-12(19)16-6-17-13(10)20-7)11(18)15-5-8-3-2-4-14-8/h6,8,14H,2-5H2,1H3,(H,15,18)(H,16,17,19). The van der Waals surface area contributed by atoms with Gasteiger partial charge in [0.25, 0.3) is 11.5 Å². The lowest BCUT2D eigenvalue weighted by Gasteiger charge is -2.11. The molecule has 1 aliphatic rings. The molecule has 3 N–H and O–H groups in total. The van der Waals surface area contributed by atoms with Crippen molar-refractivity contribution in [1.29, 1.82) is 0 Å². The smallest absolute Gasteiger partial charge is 0.262 e. The lowest BCUT2D eigenvalue weighted by molar-refractivity contribution is 0.0950. The van der Waals surface area contributed by atoms with Crippen LogP contribution in [0, 0.1) is 6.92 Å². The number of aromatic amines is 1. The molecule has 20 heavy (non-hydrogen) atoms. The van der Waals surface area contributed by atoms with Crippen LogP contribution in [0.3, 0.4) is 0 Å². The van der Waals surface area contributed by atoms with E-state index in [1.54, 1.807) is 6.92 Å². The molecule has 1 atom stereocenters. The first kappa shape index (κ1) is 12.9. The Morgan fingerprint density at radius 1 is 1.60 bits per heavy atom. The molecule has 2 aromatic rings. The zero-order chi connectivity index (χ0) is 14.1. The number of aromatic nitrogens is 2. The van der Waals surface area contributed by atoms with Gasteiger partial charge in [-0.05, 0) is 26.3 Å². The number of hydrogen-bond donors (Lipinski definition) is 3. The lowest BCUT2D eigenvalue weighted by atomic mass is 10.1. The van der Waals surface area contributed by atoms with Gasteiger partial charge in [-0.1, -0.05) is 0 Å². The number of H-pyrrole nitrogens is 1. The molecule has 0 spiro atoms. The highest BCUT2D eigenvalue weighted by molar-refractivity contribution is 6.06. The van der Waals surface area contributed by atoms with Gasteiger partial charge in [-0.15, -0.1) is 0 Å². The average molecular weight is 276 g/mol. The Morgan fingerprint density at radius 2 is 2.45 bits per heavy atom. The van der Waals surface area contributed by atoms with Crippen LogP contribution in [0.4, 0.5) is 0 Å². The molecular formula is C13H16N4O3. The molecule has 0 bridgehead atoms. The summed E-state index contributed by atoms with van der Waals surface area (Å²) in [6, 6.07) is 0.300. The molecular weight excluding hydrogens is 260 g/mol. The van der Waals surface area contributed by atoms with Crippen LogP contribution in [-0.2, 0) is 0 Å². The van der Waals surface area contributed by atoms with Crippen molar-refractivity contribution in [2.75, 3.05) is 13.1 Å². The first-order valence-electron chi connectivity index (χ1n) is 6.65. The second-order valence-electron chi connectivity index (χ2n) is 4.95. The number of carbonyl (C=O) groups is 1. The number of hydrogen-bond acceptors (Lipinski definition) is 5. The normalized spacial score (nSPS) is 18.6. The number of fused-ring (bicyclic) bond motifs is 1. The minimum atomic E-state index is -0.365. The molecule has 3 rings (SSSR count). The Hall–Kier alpha value is -2.15. The summed E-state index contributed by atoms with van der Waals surface area (Å²) in [5.74, 6) is 0.106. The van der Waals surface area contributed by atoms with Crippen LogP contribution in [0.15, 0.2) is 15.5 Å². The van der Waals surface area contributed by atoms with Gasteiger partial charge in [0.15, 0.2) is 0 Å². The molecule has 1 aliphatic heterocycles. The fourth-order valence-electron chi connectivity index (χ4n) is 2.56. The van der Waals surface area contributed by atoms with E-state index in [0.29, 0.717) is 18.3 Å². The molecule has 0 aliphatic carbocycles. The number of amides is 1. The van der Waals surface area contributed by atoms with E-state index in [9.17, 15) is 9.59 Å². The first-order valence-corrected chi connectivity index (χ1v) is 6.65. The Bertz CT molecular complexity index is 697. The Balaban J connectivity index is 1.87. The minimum absolute atomic E-state index is 0.190. The summed E-state index contributed by atoms with van der Waals surface area (Å²) in [5, 5.41) is 6.36. The van der Waals surface area contributed by atoms with Crippen molar-refractivity contribution in [3.8, 4) is 0 Å². The van der Waals surface area contributed by atoms with E-state index in [-0.39, 0.29) is 28.1 Å². The summed E-state index contributed by atoms with van der Waals surface area (Å²) in [6.07, 6.45) is 3.43. The maximum absolute atomic E-state index is 12.3. The molecule has 106 valence electrons. The van der Waals surface area contributed by atoms with Crippen molar-refractivity contribution in [2.24, 2.45) is 0 Å². The van der Waals surface area contributed by atoms with Crippen LogP contribution in [0.1, 0.15) is 29.0 Å². The van der Waals surface area contributed by atoms with Crippen molar-refractivity contribution >= 4 is 17.0 Å². The number of furan rings is 1. The zero-order valence-corrected chi connectivity index (χ0v) is 11.2. The van der Waals surface area contributed by atoms with Crippen molar-refractivity contribution in [3.63, 3.8) is 0 Å². The van der Waals surface area contributed by atoms with E-state index in [0.717, 1.165) is 19.4 Å². The maximum atomic E-state index is 12.3. The van der Waals surface area contributed by atoms with Crippen LogP contribution >= 0.6 is 0 Å². The Labute approximate surface area is 114 Å². The summed E-state index contributed by atoms with van der Waals surface area (Å²) in [5.41, 5.74) is 0.0960. The molecule has 1 amide bonds. The third-order valence-corrected chi connectivity index (χ3v) is 3.57. The van der Waals surface area contributed by atoms with Crippen LogP contribution in [-0.4, -0.2) is 35.0 Å². The van der Waals surface area contributed by atoms with Gasteiger partial charge in [0.1, 0.15) is 11.1 Å². The number of nitrogens with one attached hydrogen (secondary N) is 3. The monoisotopic (exact) mass is 276 g/mol. The number of aryl methyl sites for hydroxylation is 1. The van der Waals surface area contributed by atoms with Gasteiger partial charge in [0.05, 0.1) is 11.9 Å². The number of carbonyl (C=O) groups excluding carboxylic acids is 1. The molecule has 1 saturated heterocycles. The molecule has 2 aromatic heterocycles. The molecule has 3 heterocycles.